The second-order valence-electron chi connectivity index (χ2n) is 6.79. The Morgan fingerprint density at radius 1 is 1.16 bits per heavy atom. The third kappa shape index (κ3) is 4.17. The molecule has 0 aromatic carbocycles. The molecule has 19 heavy (non-hydrogen) atoms. The van der Waals surface area contributed by atoms with E-state index >= 15 is 0 Å². The van der Waals surface area contributed by atoms with Gasteiger partial charge in [0.25, 0.3) is 0 Å². The van der Waals surface area contributed by atoms with Gasteiger partial charge < -0.3 is 15.7 Å². The van der Waals surface area contributed by atoms with Crippen LogP contribution in [0.15, 0.2) is 0 Å². The molecule has 0 amide bonds. The van der Waals surface area contributed by atoms with Gasteiger partial charge in [-0.1, -0.05) is 26.7 Å². The van der Waals surface area contributed by atoms with E-state index in [1.54, 1.807) is 0 Å². The molecule has 2 aliphatic rings. The minimum absolute atomic E-state index is 0.301. The highest BCUT2D eigenvalue weighted by Crippen LogP contribution is 2.32. The summed E-state index contributed by atoms with van der Waals surface area (Å²) in [6, 6.07) is 1.87. The van der Waals surface area contributed by atoms with E-state index in [9.17, 15) is 5.11 Å². The zero-order chi connectivity index (χ0) is 13.7. The Labute approximate surface area is 118 Å². The van der Waals surface area contributed by atoms with E-state index in [0.29, 0.717) is 24.6 Å². The predicted octanol–water partition coefficient (Wildman–Crippen LogP) is 2.29. The Kier molecular flexibility index (Phi) is 6.11. The van der Waals surface area contributed by atoms with Crippen LogP contribution in [0.25, 0.3) is 0 Å². The number of hydrogen-bond acceptors (Lipinski definition) is 3. The normalized spacial score (nSPS) is 33.8. The van der Waals surface area contributed by atoms with Gasteiger partial charge in [0.05, 0.1) is 0 Å². The van der Waals surface area contributed by atoms with Crippen molar-refractivity contribution in [2.24, 2.45) is 11.8 Å². The van der Waals surface area contributed by atoms with E-state index in [0.717, 1.165) is 18.4 Å². The molecular formula is C16H32N2O. The molecular weight excluding hydrogens is 236 g/mol. The maximum atomic E-state index is 9.22. The number of rotatable bonds is 6. The highest BCUT2D eigenvalue weighted by atomic mass is 16.3. The molecule has 1 saturated carbocycles. The van der Waals surface area contributed by atoms with Crippen LogP contribution >= 0.6 is 0 Å². The summed E-state index contributed by atoms with van der Waals surface area (Å²) in [5.74, 6) is 1.41. The molecule has 2 rings (SSSR count). The Hall–Kier alpha value is -0.120. The largest absolute Gasteiger partial charge is 0.396 e. The molecule has 112 valence electrons. The van der Waals surface area contributed by atoms with E-state index in [1.807, 2.05) is 0 Å². The minimum Gasteiger partial charge on any atom is -0.396 e. The van der Waals surface area contributed by atoms with Crippen molar-refractivity contribution >= 4 is 0 Å². The van der Waals surface area contributed by atoms with Crippen LogP contribution in [-0.4, -0.2) is 36.4 Å². The van der Waals surface area contributed by atoms with Crippen LogP contribution in [-0.2, 0) is 0 Å². The maximum Gasteiger partial charge on any atom is 0.0445 e. The summed E-state index contributed by atoms with van der Waals surface area (Å²) in [6.45, 7) is 6.03. The number of nitrogens with one attached hydrogen (secondary N) is 2. The lowest BCUT2D eigenvalue weighted by molar-refractivity contribution is 0.203. The van der Waals surface area contributed by atoms with E-state index in [2.05, 4.69) is 24.5 Å². The first-order valence-electron chi connectivity index (χ1n) is 8.32. The van der Waals surface area contributed by atoms with Crippen molar-refractivity contribution in [2.75, 3.05) is 13.2 Å². The van der Waals surface area contributed by atoms with Crippen molar-refractivity contribution in [2.45, 2.75) is 76.9 Å². The van der Waals surface area contributed by atoms with Gasteiger partial charge >= 0.3 is 0 Å². The summed E-state index contributed by atoms with van der Waals surface area (Å²) >= 11 is 0. The topological polar surface area (TPSA) is 44.3 Å². The van der Waals surface area contributed by atoms with Crippen molar-refractivity contribution in [3.8, 4) is 0 Å². The van der Waals surface area contributed by atoms with Crippen LogP contribution in [0.1, 0.15) is 58.8 Å². The summed E-state index contributed by atoms with van der Waals surface area (Å²) in [5, 5.41) is 16.8. The lowest BCUT2D eigenvalue weighted by Gasteiger charge is -2.35. The average Bonchev–Trinajstić information content (AvgIpc) is 2.87. The number of piperidine rings is 1. The third-order valence-corrected chi connectivity index (χ3v) is 5.11. The van der Waals surface area contributed by atoms with Gasteiger partial charge in [-0.25, -0.2) is 0 Å². The molecule has 0 radical (unpaired) electrons. The lowest BCUT2D eigenvalue weighted by Crippen LogP contribution is -2.50. The van der Waals surface area contributed by atoms with Crippen molar-refractivity contribution < 1.29 is 5.11 Å². The second kappa shape index (κ2) is 7.61. The average molecular weight is 268 g/mol. The summed E-state index contributed by atoms with van der Waals surface area (Å²) in [7, 11) is 0. The van der Waals surface area contributed by atoms with Gasteiger partial charge in [-0.3, -0.25) is 0 Å². The molecule has 0 bridgehead atoms. The van der Waals surface area contributed by atoms with Crippen molar-refractivity contribution in [1.82, 2.24) is 10.6 Å². The van der Waals surface area contributed by atoms with E-state index < -0.39 is 0 Å². The highest BCUT2D eigenvalue weighted by molar-refractivity contribution is 4.93. The quantitative estimate of drug-likeness (QED) is 0.692. The molecule has 3 N–H and O–H groups in total. The van der Waals surface area contributed by atoms with Gasteiger partial charge in [0.15, 0.2) is 0 Å². The van der Waals surface area contributed by atoms with Crippen LogP contribution in [0.4, 0.5) is 0 Å². The van der Waals surface area contributed by atoms with Crippen molar-refractivity contribution in [3.63, 3.8) is 0 Å². The first-order chi connectivity index (χ1) is 9.22. The Morgan fingerprint density at radius 3 is 2.63 bits per heavy atom. The molecule has 1 aliphatic heterocycles. The van der Waals surface area contributed by atoms with Gasteiger partial charge in [-0.15, -0.1) is 0 Å². The number of aliphatic hydroxyl groups is 1. The molecule has 0 aromatic rings. The van der Waals surface area contributed by atoms with Gasteiger partial charge in [-0.2, -0.15) is 0 Å². The summed E-state index contributed by atoms with van der Waals surface area (Å²) in [5.41, 5.74) is 0. The van der Waals surface area contributed by atoms with Crippen molar-refractivity contribution in [1.29, 1.82) is 0 Å². The van der Waals surface area contributed by atoms with Crippen LogP contribution in [0, 0.1) is 11.8 Å². The van der Waals surface area contributed by atoms with Gasteiger partial charge in [0.1, 0.15) is 0 Å². The van der Waals surface area contributed by atoms with E-state index in [1.165, 1.54) is 45.1 Å². The van der Waals surface area contributed by atoms with Crippen LogP contribution in [0.2, 0.25) is 0 Å². The van der Waals surface area contributed by atoms with Crippen LogP contribution < -0.4 is 10.6 Å². The molecule has 0 spiro atoms. The molecule has 4 unspecified atom stereocenters. The zero-order valence-electron chi connectivity index (χ0n) is 12.7. The highest BCUT2D eigenvalue weighted by Gasteiger charge is 2.35. The smallest absolute Gasteiger partial charge is 0.0445 e. The monoisotopic (exact) mass is 268 g/mol. The lowest BCUT2D eigenvalue weighted by atomic mass is 9.87. The molecule has 0 aromatic heterocycles. The molecule has 1 heterocycles. The fourth-order valence-corrected chi connectivity index (χ4v) is 3.94. The molecule has 2 fully saturated rings. The maximum absolute atomic E-state index is 9.22. The van der Waals surface area contributed by atoms with Gasteiger partial charge in [-0.05, 0) is 50.5 Å². The van der Waals surface area contributed by atoms with Crippen LogP contribution in [0.3, 0.4) is 0 Å². The van der Waals surface area contributed by atoms with Gasteiger partial charge in [0, 0.05) is 24.7 Å². The van der Waals surface area contributed by atoms with Crippen LogP contribution in [0.5, 0.6) is 0 Å². The first kappa shape index (κ1) is 15.3. The van der Waals surface area contributed by atoms with E-state index in [-0.39, 0.29) is 0 Å². The molecule has 4 atom stereocenters. The predicted molar refractivity (Wildman–Crippen MR) is 80.2 cm³/mol. The fraction of sp³-hybridized carbons (Fsp3) is 1.00. The zero-order valence-corrected chi connectivity index (χ0v) is 12.7. The van der Waals surface area contributed by atoms with Gasteiger partial charge in [0.2, 0.25) is 0 Å². The molecule has 3 heteroatoms. The Bertz CT molecular complexity index is 251. The Morgan fingerprint density at radius 2 is 2.00 bits per heavy atom. The van der Waals surface area contributed by atoms with Crippen molar-refractivity contribution in [3.05, 3.63) is 0 Å². The third-order valence-electron chi connectivity index (χ3n) is 5.11. The number of hydrogen-bond donors (Lipinski definition) is 3. The minimum atomic E-state index is 0.301. The second-order valence-corrected chi connectivity index (χ2v) is 6.79. The fourth-order valence-electron chi connectivity index (χ4n) is 3.94. The van der Waals surface area contributed by atoms with E-state index in [4.69, 9.17) is 0 Å². The molecule has 1 saturated heterocycles. The summed E-state index contributed by atoms with van der Waals surface area (Å²) in [6.07, 6.45) is 9.04. The standard InChI is InChI=1S/C16H32N2O/c1-12(2)14(9-11-19)18-16-8-5-6-13(16)15-7-3-4-10-17-15/h12-19H,3-11H2,1-2H3. The first-order valence-corrected chi connectivity index (χ1v) is 8.32. The summed E-state index contributed by atoms with van der Waals surface area (Å²) in [4.78, 5) is 0. The Balaban J connectivity index is 1.89. The number of aliphatic hydroxyl groups excluding tert-OH is 1. The molecule has 1 aliphatic carbocycles. The summed E-state index contributed by atoms with van der Waals surface area (Å²) < 4.78 is 0. The molecule has 3 nitrogen and oxygen atoms in total. The SMILES string of the molecule is CC(C)C(CCO)NC1CCCC1C1CCCCN1.